The van der Waals surface area contributed by atoms with Crippen molar-refractivity contribution in [1.82, 2.24) is 0 Å². The number of phenols is 2. The van der Waals surface area contributed by atoms with Crippen molar-refractivity contribution in [3.8, 4) is 11.5 Å². The zero-order chi connectivity index (χ0) is 39.3. The highest BCUT2D eigenvalue weighted by Crippen LogP contribution is 2.45. The molecule has 0 atom stereocenters. The number of fused-ring (bicyclic) bond motifs is 2. The molecular formula is C30H25ClN4O14S4. The minimum atomic E-state index is -5.19. The summed E-state index contributed by atoms with van der Waals surface area (Å²) >= 11 is 5.53. The lowest BCUT2D eigenvalue weighted by molar-refractivity contribution is 0.102. The van der Waals surface area contributed by atoms with Gasteiger partial charge in [0.1, 0.15) is 31.8 Å². The van der Waals surface area contributed by atoms with Gasteiger partial charge in [0, 0.05) is 39.4 Å². The van der Waals surface area contributed by atoms with Crippen LogP contribution in [-0.2, 0) is 45.9 Å². The standard InChI is InChI=1S/C30H25ClN4O14S4/c31-9-10-50(39,40)14-15-1-3-16(4-2-15)30(38)33-17-5-6-18-20(11-17)23(51(41,42)43)12-22(36)28(18)35-34-21-8-7-19-24(52(44,45)46)13-25(53(47,48)49)27(32)26(19)29(21)37/h1-8,11-13,36-37H,9-10,14,32H2,(H,33,38)(H,41,42,43)(H,44,45,46)(H,47,48,49). The minimum absolute atomic E-state index is 0.00155. The molecule has 5 rings (SSSR count). The van der Waals surface area contributed by atoms with Gasteiger partial charge >= 0.3 is 0 Å². The van der Waals surface area contributed by atoms with E-state index in [-0.39, 0.29) is 39.4 Å². The second-order valence-electron chi connectivity index (χ2n) is 11.2. The first-order valence-corrected chi connectivity index (χ1v) is 21.1. The average molecular weight is 829 g/mol. The Kier molecular flexibility index (Phi) is 10.5. The van der Waals surface area contributed by atoms with E-state index in [2.05, 4.69) is 15.5 Å². The lowest BCUT2D eigenvalue weighted by Gasteiger charge is -2.13. The molecule has 0 radical (unpaired) electrons. The molecule has 0 spiro atoms. The van der Waals surface area contributed by atoms with Gasteiger partial charge in [0.2, 0.25) is 0 Å². The maximum Gasteiger partial charge on any atom is 0.296 e. The molecule has 0 bridgehead atoms. The predicted molar refractivity (Wildman–Crippen MR) is 192 cm³/mol. The fraction of sp³-hybridized carbons (Fsp3) is 0.100. The SMILES string of the molecule is Nc1c(S(=O)(=O)O)cc(S(=O)(=O)O)c2ccc(N=Nc3c(O)cc(S(=O)(=O)O)c4cc(NC(=O)c5ccc(CS(=O)(=O)CCCl)cc5)ccc34)c(O)c12. The van der Waals surface area contributed by atoms with E-state index in [0.717, 1.165) is 18.2 Å². The van der Waals surface area contributed by atoms with E-state index in [1.54, 1.807) is 0 Å². The van der Waals surface area contributed by atoms with Crippen LogP contribution in [0.5, 0.6) is 11.5 Å². The van der Waals surface area contributed by atoms with Crippen molar-refractivity contribution >= 4 is 102 Å². The first kappa shape index (κ1) is 39.3. The number of benzene rings is 5. The number of alkyl halides is 1. The number of aromatic hydroxyl groups is 2. The Hall–Kier alpha value is -4.94. The van der Waals surface area contributed by atoms with Gasteiger partial charge in [-0.25, -0.2) is 8.42 Å². The molecular weight excluding hydrogens is 804 g/mol. The number of carbonyl (C=O) groups excluding carboxylic acids is 1. The van der Waals surface area contributed by atoms with Crippen molar-refractivity contribution in [2.45, 2.75) is 20.4 Å². The van der Waals surface area contributed by atoms with Crippen molar-refractivity contribution in [2.75, 3.05) is 22.7 Å². The molecule has 53 heavy (non-hydrogen) atoms. The Morgan fingerprint density at radius 1 is 0.717 bits per heavy atom. The zero-order valence-corrected chi connectivity index (χ0v) is 30.4. The number of carbonyl (C=O) groups is 1. The molecule has 8 N–H and O–H groups in total. The smallest absolute Gasteiger partial charge is 0.296 e. The zero-order valence-electron chi connectivity index (χ0n) is 26.4. The number of nitrogens with two attached hydrogens (primary N) is 1. The molecule has 18 nitrogen and oxygen atoms in total. The van der Waals surface area contributed by atoms with Crippen molar-refractivity contribution in [1.29, 1.82) is 0 Å². The first-order chi connectivity index (χ1) is 24.5. The summed E-state index contributed by atoms with van der Waals surface area (Å²) in [6, 6.07) is 12.2. The second-order valence-corrected chi connectivity index (χ2v) is 17.9. The van der Waals surface area contributed by atoms with Gasteiger partial charge in [-0.3, -0.25) is 18.5 Å². The van der Waals surface area contributed by atoms with Gasteiger partial charge in [-0.1, -0.05) is 18.2 Å². The number of sulfone groups is 1. The molecule has 0 aliphatic carbocycles. The van der Waals surface area contributed by atoms with Gasteiger partial charge in [0.25, 0.3) is 36.3 Å². The molecule has 0 fully saturated rings. The van der Waals surface area contributed by atoms with E-state index >= 15 is 0 Å². The third-order valence-electron chi connectivity index (χ3n) is 7.61. The van der Waals surface area contributed by atoms with E-state index in [1.165, 1.54) is 36.4 Å². The number of nitrogens with zero attached hydrogens (tertiary/aromatic N) is 2. The Labute approximate surface area is 305 Å². The molecule has 0 aliphatic rings. The Morgan fingerprint density at radius 3 is 1.89 bits per heavy atom. The van der Waals surface area contributed by atoms with Crippen LogP contribution in [0.3, 0.4) is 0 Å². The number of phenolic OH excluding ortho intramolecular Hbond substituents is 2. The molecule has 1 amide bonds. The maximum absolute atomic E-state index is 13.0. The van der Waals surface area contributed by atoms with Crippen molar-refractivity contribution < 1.29 is 62.3 Å². The van der Waals surface area contributed by atoms with Crippen LogP contribution < -0.4 is 11.1 Å². The van der Waals surface area contributed by atoms with Gasteiger partial charge in [-0.05, 0) is 48.0 Å². The number of anilines is 2. The van der Waals surface area contributed by atoms with Crippen LogP contribution in [0.25, 0.3) is 21.5 Å². The fourth-order valence-corrected chi connectivity index (χ4v) is 9.15. The first-order valence-electron chi connectivity index (χ1n) is 14.4. The summed E-state index contributed by atoms with van der Waals surface area (Å²) in [5.74, 6) is -3.12. The van der Waals surface area contributed by atoms with E-state index in [0.29, 0.717) is 17.7 Å². The minimum Gasteiger partial charge on any atom is -0.506 e. The quantitative estimate of drug-likeness (QED) is 0.0416. The number of nitrogen functional groups attached to an aromatic ring is 1. The van der Waals surface area contributed by atoms with Crippen LogP contribution in [0.1, 0.15) is 15.9 Å². The monoisotopic (exact) mass is 828 g/mol. The highest BCUT2D eigenvalue weighted by molar-refractivity contribution is 7.90. The van der Waals surface area contributed by atoms with Crippen molar-refractivity contribution in [3.63, 3.8) is 0 Å². The normalized spacial score (nSPS) is 12.8. The predicted octanol–water partition coefficient (Wildman–Crippen LogP) is 4.55. The molecule has 5 aromatic carbocycles. The average Bonchev–Trinajstić information content (AvgIpc) is 3.03. The molecule has 0 unspecified atom stereocenters. The van der Waals surface area contributed by atoms with Crippen LogP contribution in [-0.4, -0.2) is 75.1 Å². The Bertz CT molecular complexity index is 2830. The lowest BCUT2D eigenvalue weighted by atomic mass is 10.1. The Morgan fingerprint density at radius 2 is 1.30 bits per heavy atom. The highest BCUT2D eigenvalue weighted by Gasteiger charge is 2.27. The molecule has 0 aliphatic heterocycles. The summed E-state index contributed by atoms with van der Waals surface area (Å²) in [6.07, 6.45) is 0. The van der Waals surface area contributed by atoms with E-state index in [9.17, 15) is 62.3 Å². The van der Waals surface area contributed by atoms with Crippen LogP contribution in [0.4, 0.5) is 22.7 Å². The lowest BCUT2D eigenvalue weighted by Crippen LogP contribution is -2.13. The molecule has 23 heteroatoms. The molecule has 280 valence electrons. The van der Waals surface area contributed by atoms with Crippen LogP contribution in [0.15, 0.2) is 91.6 Å². The van der Waals surface area contributed by atoms with E-state index in [4.69, 9.17) is 17.3 Å². The van der Waals surface area contributed by atoms with Gasteiger partial charge in [-0.2, -0.15) is 25.3 Å². The van der Waals surface area contributed by atoms with Crippen LogP contribution >= 0.6 is 11.6 Å². The van der Waals surface area contributed by atoms with Crippen molar-refractivity contribution in [2.24, 2.45) is 10.2 Å². The number of hydrogen-bond donors (Lipinski definition) is 7. The summed E-state index contributed by atoms with van der Waals surface area (Å²) in [7, 11) is -18.8. The number of azo groups is 1. The highest BCUT2D eigenvalue weighted by atomic mass is 35.5. The summed E-state index contributed by atoms with van der Waals surface area (Å²) in [4.78, 5) is 9.99. The third kappa shape index (κ3) is 8.34. The maximum atomic E-state index is 13.0. The molecule has 0 heterocycles. The van der Waals surface area contributed by atoms with Gasteiger partial charge < -0.3 is 21.3 Å². The van der Waals surface area contributed by atoms with Gasteiger partial charge in [0.15, 0.2) is 15.6 Å². The number of rotatable bonds is 11. The van der Waals surface area contributed by atoms with Crippen molar-refractivity contribution in [3.05, 3.63) is 77.9 Å². The molecule has 0 saturated carbocycles. The number of halogens is 1. The summed E-state index contributed by atoms with van der Waals surface area (Å²) in [5, 5.41) is 30.4. The molecule has 5 aromatic rings. The van der Waals surface area contributed by atoms with Crippen LogP contribution in [0.2, 0.25) is 0 Å². The van der Waals surface area contributed by atoms with E-state index < -0.39 is 100 Å². The summed E-state index contributed by atoms with van der Waals surface area (Å²) in [5.41, 5.74) is 4.57. The topological polar surface area (TPSA) is 318 Å². The largest absolute Gasteiger partial charge is 0.506 e. The molecule has 0 aromatic heterocycles. The summed E-state index contributed by atoms with van der Waals surface area (Å²) in [6.45, 7) is 0. The fourth-order valence-electron chi connectivity index (χ4n) is 5.23. The number of amides is 1. The van der Waals surface area contributed by atoms with Crippen LogP contribution in [0, 0.1) is 0 Å². The Balaban J connectivity index is 1.57. The van der Waals surface area contributed by atoms with Gasteiger partial charge in [-0.15, -0.1) is 21.8 Å². The second kappa shape index (κ2) is 14.1. The summed E-state index contributed by atoms with van der Waals surface area (Å²) < 4.78 is 126. The molecule has 0 saturated heterocycles. The number of nitrogens with one attached hydrogen (secondary N) is 1. The van der Waals surface area contributed by atoms with E-state index in [1.807, 2.05) is 0 Å². The third-order valence-corrected chi connectivity index (χ3v) is 12.3. The van der Waals surface area contributed by atoms with Gasteiger partial charge in [0.05, 0.1) is 22.6 Å². The number of hydrogen-bond acceptors (Lipinski definition) is 14.